The number of aromatic nitrogens is 1. The molecule has 62 valence electrons. The number of hydrogen-bond donors (Lipinski definition) is 0. The van der Waals surface area contributed by atoms with Crippen LogP contribution in [0.5, 0.6) is 0 Å². The lowest BCUT2D eigenvalue weighted by Gasteiger charge is -2.00. The molecule has 1 aromatic rings. The van der Waals surface area contributed by atoms with Crippen molar-refractivity contribution in [1.82, 2.24) is 4.98 Å². The maximum Gasteiger partial charge on any atom is 0.250 e. The Labute approximate surface area is 74.8 Å². The van der Waals surface area contributed by atoms with Crippen molar-refractivity contribution < 1.29 is 4.39 Å². The van der Waals surface area contributed by atoms with Crippen LogP contribution in [0.2, 0.25) is 5.02 Å². The van der Waals surface area contributed by atoms with E-state index in [9.17, 15) is 4.39 Å². The molecular formula is C8H6ClFN2. The summed E-state index contributed by atoms with van der Waals surface area (Å²) in [5.41, 5.74) is 0.248. The third-order valence-electron chi connectivity index (χ3n) is 1.48. The summed E-state index contributed by atoms with van der Waals surface area (Å²) in [7, 11) is 0. The molecule has 1 atom stereocenters. The van der Waals surface area contributed by atoms with Crippen LogP contribution < -0.4 is 0 Å². The smallest absolute Gasteiger partial charge is 0.250 e. The highest BCUT2D eigenvalue weighted by atomic mass is 35.5. The summed E-state index contributed by atoms with van der Waals surface area (Å²) >= 11 is 5.59. The van der Waals surface area contributed by atoms with Crippen molar-refractivity contribution in [2.75, 3.05) is 0 Å². The van der Waals surface area contributed by atoms with Crippen LogP contribution in [0.15, 0.2) is 12.3 Å². The first-order valence-corrected chi connectivity index (χ1v) is 3.70. The van der Waals surface area contributed by atoms with Gasteiger partial charge in [-0.15, -0.1) is 0 Å². The van der Waals surface area contributed by atoms with E-state index in [2.05, 4.69) is 9.83 Å². The van der Waals surface area contributed by atoms with Crippen molar-refractivity contribution in [2.24, 2.45) is 0 Å². The Morgan fingerprint density at radius 2 is 2.42 bits per heavy atom. The lowest BCUT2D eigenvalue weighted by atomic mass is 10.1. The SMILES string of the molecule is [C-]#[N+]C(C)c1cc(Cl)cnc1F. The fourth-order valence-electron chi connectivity index (χ4n) is 0.801. The number of rotatable bonds is 1. The molecule has 0 saturated heterocycles. The Morgan fingerprint density at radius 1 is 1.75 bits per heavy atom. The van der Waals surface area contributed by atoms with Gasteiger partial charge in [-0.2, -0.15) is 4.39 Å². The molecule has 2 nitrogen and oxygen atoms in total. The van der Waals surface area contributed by atoms with Gasteiger partial charge in [0.05, 0.1) is 10.6 Å². The molecule has 1 aromatic heterocycles. The van der Waals surface area contributed by atoms with Gasteiger partial charge < -0.3 is 4.85 Å². The molecule has 0 radical (unpaired) electrons. The van der Waals surface area contributed by atoms with Crippen molar-refractivity contribution in [3.8, 4) is 0 Å². The topological polar surface area (TPSA) is 17.2 Å². The number of nitrogens with zero attached hydrogens (tertiary/aromatic N) is 2. The van der Waals surface area contributed by atoms with E-state index in [1.807, 2.05) is 0 Å². The summed E-state index contributed by atoms with van der Waals surface area (Å²) in [5.74, 6) is -0.622. The third-order valence-corrected chi connectivity index (χ3v) is 1.68. The summed E-state index contributed by atoms with van der Waals surface area (Å²) in [4.78, 5) is 6.58. The Kier molecular flexibility index (Phi) is 2.61. The highest BCUT2D eigenvalue weighted by Gasteiger charge is 2.15. The fourth-order valence-corrected chi connectivity index (χ4v) is 0.967. The molecule has 0 fully saturated rings. The molecule has 0 spiro atoms. The highest BCUT2D eigenvalue weighted by molar-refractivity contribution is 6.30. The lowest BCUT2D eigenvalue weighted by Crippen LogP contribution is -1.95. The van der Waals surface area contributed by atoms with Crippen LogP contribution in [0.25, 0.3) is 4.85 Å². The van der Waals surface area contributed by atoms with E-state index < -0.39 is 12.0 Å². The highest BCUT2D eigenvalue weighted by Crippen LogP contribution is 2.21. The molecular weight excluding hydrogens is 179 g/mol. The molecule has 0 aliphatic rings. The monoisotopic (exact) mass is 184 g/mol. The molecule has 0 aliphatic heterocycles. The quantitative estimate of drug-likeness (QED) is 0.485. The molecule has 0 amide bonds. The summed E-state index contributed by atoms with van der Waals surface area (Å²) < 4.78 is 12.9. The second kappa shape index (κ2) is 3.51. The molecule has 0 aromatic carbocycles. The fraction of sp³-hybridized carbons (Fsp3) is 0.250. The zero-order valence-electron chi connectivity index (χ0n) is 6.38. The minimum absolute atomic E-state index is 0.248. The largest absolute Gasteiger partial charge is 0.309 e. The first kappa shape index (κ1) is 8.95. The van der Waals surface area contributed by atoms with Gasteiger partial charge in [0.1, 0.15) is 0 Å². The zero-order chi connectivity index (χ0) is 9.14. The standard InChI is InChI=1S/C8H6ClFN2/c1-5(11-2)7-3-6(9)4-12-8(7)10/h3-5H,1H3. The van der Waals surface area contributed by atoms with E-state index in [0.29, 0.717) is 5.02 Å². The second-order valence-corrected chi connectivity index (χ2v) is 2.78. The molecule has 4 heteroatoms. The minimum Gasteiger partial charge on any atom is -0.309 e. The van der Waals surface area contributed by atoms with Gasteiger partial charge in [-0.05, 0) is 6.07 Å². The predicted molar refractivity (Wildman–Crippen MR) is 44.2 cm³/mol. The molecule has 0 aliphatic carbocycles. The zero-order valence-corrected chi connectivity index (χ0v) is 7.14. The van der Waals surface area contributed by atoms with Gasteiger partial charge in [-0.25, -0.2) is 11.6 Å². The molecule has 0 saturated carbocycles. The van der Waals surface area contributed by atoms with Crippen LogP contribution in [-0.4, -0.2) is 4.98 Å². The van der Waals surface area contributed by atoms with Crippen molar-refractivity contribution in [1.29, 1.82) is 0 Å². The molecule has 1 rings (SSSR count). The molecule has 0 N–H and O–H groups in total. The Hall–Kier alpha value is -1.14. The van der Waals surface area contributed by atoms with E-state index in [4.69, 9.17) is 18.2 Å². The molecule has 1 heterocycles. The van der Waals surface area contributed by atoms with E-state index >= 15 is 0 Å². The van der Waals surface area contributed by atoms with Gasteiger partial charge in [-0.3, -0.25) is 0 Å². The van der Waals surface area contributed by atoms with Crippen LogP contribution in [0, 0.1) is 12.5 Å². The van der Waals surface area contributed by atoms with Gasteiger partial charge in [-0.1, -0.05) is 11.6 Å². The Morgan fingerprint density at radius 3 is 3.00 bits per heavy atom. The number of pyridine rings is 1. The summed E-state index contributed by atoms with van der Waals surface area (Å²) in [6, 6.07) is 0.892. The number of halogens is 2. The molecule has 0 bridgehead atoms. The second-order valence-electron chi connectivity index (χ2n) is 2.34. The van der Waals surface area contributed by atoms with Gasteiger partial charge in [0.2, 0.25) is 12.0 Å². The van der Waals surface area contributed by atoms with Crippen molar-refractivity contribution >= 4 is 11.6 Å². The number of hydrogen-bond acceptors (Lipinski definition) is 1. The van der Waals surface area contributed by atoms with Gasteiger partial charge in [0, 0.05) is 13.1 Å². The van der Waals surface area contributed by atoms with Crippen LogP contribution in [0.1, 0.15) is 18.5 Å². The van der Waals surface area contributed by atoms with E-state index in [1.165, 1.54) is 12.3 Å². The van der Waals surface area contributed by atoms with Crippen LogP contribution in [0.3, 0.4) is 0 Å². The van der Waals surface area contributed by atoms with E-state index in [-0.39, 0.29) is 5.56 Å². The average Bonchev–Trinajstić information content (AvgIpc) is 2.08. The van der Waals surface area contributed by atoms with Crippen molar-refractivity contribution in [2.45, 2.75) is 13.0 Å². The minimum atomic E-state index is -0.622. The van der Waals surface area contributed by atoms with E-state index in [0.717, 1.165) is 0 Å². The van der Waals surface area contributed by atoms with Crippen LogP contribution in [-0.2, 0) is 0 Å². The van der Waals surface area contributed by atoms with Gasteiger partial charge in [0.15, 0.2) is 0 Å². The van der Waals surface area contributed by atoms with Crippen LogP contribution >= 0.6 is 11.6 Å². The van der Waals surface area contributed by atoms with E-state index in [1.54, 1.807) is 6.92 Å². The van der Waals surface area contributed by atoms with Gasteiger partial charge in [0.25, 0.3) is 0 Å². The normalized spacial score (nSPS) is 12.2. The maximum absolute atomic E-state index is 12.9. The molecule has 12 heavy (non-hydrogen) atoms. The van der Waals surface area contributed by atoms with Crippen LogP contribution in [0.4, 0.5) is 4.39 Å². The summed E-state index contributed by atoms with van der Waals surface area (Å²) in [6.07, 6.45) is 1.22. The summed E-state index contributed by atoms with van der Waals surface area (Å²) in [6.45, 7) is 8.30. The Bertz CT molecular complexity index is 332. The summed E-state index contributed by atoms with van der Waals surface area (Å²) in [5, 5.41) is 0.349. The third kappa shape index (κ3) is 1.72. The maximum atomic E-state index is 12.9. The lowest BCUT2D eigenvalue weighted by molar-refractivity contribution is 0.562. The first-order valence-electron chi connectivity index (χ1n) is 3.32. The average molecular weight is 185 g/mol. The first-order chi connectivity index (χ1) is 5.65. The van der Waals surface area contributed by atoms with Crippen molar-refractivity contribution in [3.05, 3.63) is 40.2 Å². The van der Waals surface area contributed by atoms with Crippen molar-refractivity contribution in [3.63, 3.8) is 0 Å². The Balaban J connectivity index is 3.15. The predicted octanol–water partition coefficient (Wildman–Crippen LogP) is 2.85. The van der Waals surface area contributed by atoms with Gasteiger partial charge >= 0.3 is 0 Å². The molecule has 1 unspecified atom stereocenters.